The number of sulfonamides is 5. The van der Waals surface area contributed by atoms with Crippen LogP contribution in [-0.4, -0.2) is 173 Å². The van der Waals surface area contributed by atoms with Crippen LogP contribution in [0.1, 0.15) is 191 Å². The van der Waals surface area contributed by atoms with Crippen molar-refractivity contribution in [2.45, 2.75) is 221 Å². The number of amides is 10. The van der Waals surface area contributed by atoms with Crippen LogP contribution in [0.2, 0.25) is 0 Å². The van der Waals surface area contributed by atoms with Crippen molar-refractivity contribution < 1.29 is 75.6 Å². The van der Waals surface area contributed by atoms with Crippen molar-refractivity contribution in [3.05, 3.63) is 258 Å². The molecular formula is C102H115N25O17S5. The van der Waals surface area contributed by atoms with Gasteiger partial charge in [-0.1, -0.05) is 75.7 Å². The van der Waals surface area contributed by atoms with Crippen LogP contribution in [0.4, 0.5) is 69.9 Å². The van der Waals surface area contributed by atoms with Gasteiger partial charge in [0.2, 0.25) is 5.88 Å². The number of anilines is 7. The Labute approximate surface area is 865 Å². The van der Waals surface area contributed by atoms with E-state index in [1.165, 1.54) is 96.9 Å². The molecule has 149 heavy (non-hydrogen) atoms. The van der Waals surface area contributed by atoms with Crippen LogP contribution < -0.4 is 64.7 Å². The van der Waals surface area contributed by atoms with Crippen LogP contribution in [-0.2, 0) is 138 Å². The molecule has 0 bridgehead atoms. The van der Waals surface area contributed by atoms with Gasteiger partial charge in [0.1, 0.15) is 34.3 Å². The standard InChI is InChI=1S/C23H25N7O3S.C23H28N6O4S.C20H22N4O4S.2C18H20N4O3S/c1-14(2)17-9-15(3)10-18(16-7-8-26-19(11-16)24-4)22(17)28-23(31)29-34(32,33)21-13-25-12-20(27-21)30(5)6;1-14(2)17-9-15(3)10-18(16-7-8-25-20(11-16)33-6)22(17)27-23(30)28-34(31,32)21-13-24-12-19(26-21)29(4)5;1-12(25)10-15-8-9-21-20(22-15)29(27,28)24-19(26)23-18-16-6-2-4-13(16)11-14-5-3-7-17(14)18;1-11-19-9-14(10-20-11)26(24,25)22-18(23)21-17-15-6-2-4-12(15)8-13-5-3-7-16(13)17;1-11-8-9-19-18(20-11)26(24,25)22-17(23)21-16-14-6-2-4-12(14)10-13-5-3-7-15(13)16/h7-14H,1-3,5-6H3,(H2,28,29,31);7-14H,1-6H3,(H2,27,28,30);8-9,11H,2-7,10H2,1H3,(H2,23,24,26);2*8-10H,2-7H2,1H3,(H2,21,22,23). The highest BCUT2D eigenvalue weighted by Gasteiger charge is 2.35. The minimum atomic E-state index is -4.28. The van der Waals surface area contributed by atoms with Crippen molar-refractivity contribution in [3.8, 4) is 28.1 Å². The molecule has 10 amide bonds. The summed E-state index contributed by atoms with van der Waals surface area (Å²) in [6, 6.07) is 20.2. The van der Waals surface area contributed by atoms with E-state index in [0.717, 1.165) is 206 Å². The van der Waals surface area contributed by atoms with Gasteiger partial charge in [-0.05, 0) is 294 Å². The Morgan fingerprint density at radius 2 is 0.738 bits per heavy atom. The number of ketones is 1. The zero-order chi connectivity index (χ0) is 107. The molecule has 0 saturated carbocycles. The summed E-state index contributed by atoms with van der Waals surface area (Å²) in [4.78, 5) is 128. The molecule has 0 unspecified atom stereocenters. The molecule has 6 aliphatic rings. The molecule has 0 saturated heterocycles. The molecule has 0 fully saturated rings. The number of nitrogens with one attached hydrogen (secondary N) is 10. The lowest BCUT2D eigenvalue weighted by molar-refractivity contribution is -0.116. The lowest BCUT2D eigenvalue weighted by Crippen LogP contribution is -2.36. The largest absolute Gasteiger partial charge is 0.481 e. The number of ether oxygens (including phenoxy) is 1. The maximum atomic E-state index is 12.9. The second kappa shape index (κ2) is 46.7. The number of carbonyl (C=O) groups is 6. The van der Waals surface area contributed by atoms with Crippen molar-refractivity contribution in [3.63, 3.8) is 0 Å². The van der Waals surface area contributed by atoms with Crippen molar-refractivity contribution in [2.24, 2.45) is 0 Å². The molecule has 0 radical (unpaired) electrons. The minimum Gasteiger partial charge on any atom is -0.481 e. The van der Waals surface area contributed by atoms with Crippen LogP contribution in [0, 0.1) is 34.3 Å². The van der Waals surface area contributed by atoms with Gasteiger partial charge in [0.25, 0.3) is 46.2 Å². The molecule has 0 aliphatic heterocycles. The number of benzene rings is 5. The summed E-state index contributed by atoms with van der Waals surface area (Å²) in [5.74, 6) is 1.70. The summed E-state index contributed by atoms with van der Waals surface area (Å²) < 4.78 is 141. The number of aryl methyl sites for hydroxylation is 10. The summed E-state index contributed by atoms with van der Waals surface area (Å²) in [5, 5.41) is 12.1. The number of fused-ring (bicyclic) bond motifs is 6. The first kappa shape index (κ1) is 109. The molecular weight excluding hydrogens is 2010 g/mol. The zero-order valence-electron chi connectivity index (χ0n) is 84.6. The topological polar surface area (TPSA) is 568 Å². The maximum absolute atomic E-state index is 12.9. The number of methoxy groups -OCH3 is 1. The van der Waals surface area contributed by atoms with Crippen LogP contribution in [0.25, 0.3) is 27.1 Å². The molecule has 0 atom stereocenters. The number of pyridine rings is 2. The lowest BCUT2D eigenvalue weighted by atomic mass is 9.92. The summed E-state index contributed by atoms with van der Waals surface area (Å²) in [5.41, 5.74) is 24.9. The number of hydrogen-bond donors (Lipinski definition) is 10. The van der Waals surface area contributed by atoms with E-state index in [-0.39, 0.29) is 50.5 Å². The molecule has 7 aromatic heterocycles. The Bertz CT molecular complexity index is 7810. The number of rotatable bonds is 24. The number of aromatic nitrogens is 12. The van der Waals surface area contributed by atoms with Crippen molar-refractivity contribution in [1.82, 2.24) is 83.4 Å². The van der Waals surface area contributed by atoms with Crippen LogP contribution >= 0.6 is 0 Å². The highest BCUT2D eigenvalue weighted by Crippen LogP contribution is 2.44. The minimum absolute atomic E-state index is 0.000471. The fraction of sp³-hybridized carbons (Fsp3) is 0.343. The summed E-state index contributed by atoms with van der Waals surface area (Å²) in [6.07, 6.45) is 30.8. The highest BCUT2D eigenvalue weighted by atomic mass is 32.2. The summed E-state index contributed by atoms with van der Waals surface area (Å²) >= 11 is 0. The lowest BCUT2D eigenvalue weighted by Gasteiger charge is -2.20. The number of urea groups is 5. The Balaban J connectivity index is 0.000000147. The van der Waals surface area contributed by atoms with E-state index < -0.39 is 90.6 Å². The molecule has 18 rings (SSSR count). The second-order valence-corrected chi connectivity index (χ2v) is 45.4. The molecule has 6 aliphatic carbocycles. The third-order valence-electron chi connectivity index (χ3n) is 25.2. The molecule has 47 heteroatoms. The maximum Gasteiger partial charge on any atom is 0.333 e. The van der Waals surface area contributed by atoms with Gasteiger partial charge >= 0.3 is 50.2 Å². The molecule has 12 aromatic rings. The van der Waals surface area contributed by atoms with E-state index in [2.05, 4.69) is 114 Å². The van der Waals surface area contributed by atoms with Crippen LogP contribution in [0.15, 0.2) is 166 Å². The van der Waals surface area contributed by atoms with Gasteiger partial charge < -0.3 is 46.0 Å². The van der Waals surface area contributed by atoms with Gasteiger partial charge in [0.05, 0.1) is 61.4 Å². The van der Waals surface area contributed by atoms with Crippen molar-refractivity contribution >= 4 is 132 Å². The van der Waals surface area contributed by atoms with Gasteiger partial charge in [-0.25, -0.2) is 101 Å². The zero-order valence-corrected chi connectivity index (χ0v) is 88.6. The quantitative estimate of drug-likeness (QED) is 0.0198. The first-order chi connectivity index (χ1) is 70.7. The number of Topliss-reactive ketones (excluding diaryl/α,β-unsaturated/α-hetero) is 1. The normalized spacial score (nSPS) is 13.4. The van der Waals surface area contributed by atoms with Crippen LogP contribution in [0.5, 0.6) is 5.88 Å². The SMILES string of the molecule is CC(=O)Cc1ccnc(S(=O)(=O)NC(=O)Nc2c3c(cc4c2CCC4)CCC3)n1.COc1cc(-c2cc(C)cc(C(C)C)c2NC(=O)NS(=O)(=O)c2cncc(N(C)C)n2)ccn1.Cc1ccnc(S(=O)(=O)NC(=O)Nc2c3c(cc4c2CCC4)CCC3)n1.Cc1ncc(S(=O)(=O)NC(=O)Nc2c3c(cc4c2CCC4)CCC3)cn1.[C-]#[N+]c1cc(-c2cc(C)cc(C(C)C)c2NC(=O)NS(=O)(=O)c2cncc(N(C)C)n2)ccn1. The Morgan fingerprint density at radius 1 is 0.389 bits per heavy atom. The molecule has 780 valence electrons. The van der Waals surface area contributed by atoms with Gasteiger partial charge in [0.15, 0.2) is 10.1 Å². The number of carbonyl (C=O) groups excluding carboxylic acids is 6. The van der Waals surface area contributed by atoms with E-state index in [1.807, 2.05) is 84.7 Å². The van der Waals surface area contributed by atoms with Gasteiger partial charge in [-0.2, -0.15) is 33.7 Å². The van der Waals surface area contributed by atoms with Crippen molar-refractivity contribution in [2.75, 3.05) is 71.7 Å². The first-order valence-electron chi connectivity index (χ1n) is 47.9. The van der Waals surface area contributed by atoms with Crippen LogP contribution in [0.3, 0.4) is 0 Å². The molecule has 10 N–H and O–H groups in total. The van der Waals surface area contributed by atoms with E-state index in [9.17, 15) is 70.9 Å². The number of nitrogens with zero attached hydrogens (tertiary/aromatic N) is 15. The van der Waals surface area contributed by atoms with E-state index in [1.54, 1.807) is 88.4 Å². The highest BCUT2D eigenvalue weighted by molar-refractivity contribution is 7.91. The first-order valence-corrected chi connectivity index (χ1v) is 55.4. The van der Waals surface area contributed by atoms with Gasteiger partial charge in [-0.3, -0.25) is 14.8 Å². The summed E-state index contributed by atoms with van der Waals surface area (Å²) in [7, 11) is -12.6. The fourth-order valence-electron chi connectivity index (χ4n) is 18.4. The molecule has 0 spiro atoms. The molecule has 42 nitrogen and oxygen atoms in total. The average molecular weight is 2120 g/mol. The van der Waals surface area contributed by atoms with Gasteiger partial charge in [-0.15, -0.1) is 4.98 Å². The Morgan fingerprint density at radius 3 is 1.10 bits per heavy atom. The second-order valence-electron chi connectivity index (χ2n) is 37.3. The third-order valence-corrected chi connectivity index (χ3v) is 31.1. The average Bonchev–Trinajstić information content (AvgIpc) is 1.61. The number of hydrogen-bond acceptors (Lipinski definition) is 31. The molecule has 5 aromatic carbocycles. The van der Waals surface area contributed by atoms with Gasteiger partial charge in [0, 0.05) is 93.2 Å². The fourth-order valence-corrected chi connectivity index (χ4v) is 22.5. The predicted molar refractivity (Wildman–Crippen MR) is 561 cm³/mol. The third kappa shape index (κ3) is 26.9. The Kier molecular flexibility index (Phi) is 34.2. The van der Waals surface area contributed by atoms with E-state index in [0.29, 0.717) is 57.1 Å². The monoisotopic (exact) mass is 2120 g/mol. The van der Waals surface area contributed by atoms with Crippen molar-refractivity contribution in [1.29, 1.82) is 0 Å². The Hall–Kier alpha value is -15.5. The molecule has 7 heterocycles. The smallest absolute Gasteiger partial charge is 0.333 e. The predicted octanol–water partition coefficient (Wildman–Crippen LogP) is 14.3. The van der Waals surface area contributed by atoms with E-state index in [4.69, 9.17) is 11.3 Å². The van der Waals surface area contributed by atoms with E-state index >= 15 is 0 Å². The summed E-state index contributed by atoms with van der Waals surface area (Å²) in [6.45, 7) is 23.8.